The molecule has 4 nitrogen and oxygen atoms in total. The Morgan fingerprint density at radius 2 is 2.14 bits per heavy atom. The molecule has 0 aromatic carbocycles. The lowest BCUT2D eigenvalue weighted by Crippen LogP contribution is -2.38. The fourth-order valence-electron chi connectivity index (χ4n) is 2.48. The Morgan fingerprint density at radius 3 is 2.71 bits per heavy atom. The van der Waals surface area contributed by atoms with Crippen LogP contribution in [0.5, 0.6) is 0 Å². The molecule has 116 valence electrons. The van der Waals surface area contributed by atoms with Crippen molar-refractivity contribution in [2.24, 2.45) is 5.73 Å². The first-order valence-electron chi connectivity index (χ1n) is 6.57. The number of fused-ring (bicyclic) bond motifs is 1. The van der Waals surface area contributed by atoms with Crippen LogP contribution in [0.2, 0.25) is 0 Å². The summed E-state index contributed by atoms with van der Waals surface area (Å²) in [6.07, 6.45) is -1.92. The number of hydrogen-bond acceptors (Lipinski definition) is 4. The van der Waals surface area contributed by atoms with Gasteiger partial charge in [0.25, 0.3) is 0 Å². The van der Waals surface area contributed by atoms with Crippen LogP contribution in [0.3, 0.4) is 0 Å². The average Bonchev–Trinajstić information content (AvgIpc) is 2.82. The molecular formula is C13H16F3N3OS. The zero-order chi connectivity index (χ0) is 15.6. The van der Waals surface area contributed by atoms with Crippen molar-refractivity contribution in [2.75, 3.05) is 24.6 Å². The van der Waals surface area contributed by atoms with Crippen LogP contribution in [-0.2, 0) is 12.8 Å². The summed E-state index contributed by atoms with van der Waals surface area (Å²) < 4.78 is 38.1. The molecule has 0 aliphatic heterocycles. The molecule has 0 unspecified atom stereocenters. The van der Waals surface area contributed by atoms with E-state index in [1.54, 1.807) is 6.07 Å². The van der Waals surface area contributed by atoms with E-state index in [0.717, 1.165) is 35.4 Å². The molecule has 0 radical (unpaired) electrons. The lowest BCUT2D eigenvalue weighted by atomic mass is 10.1. The van der Waals surface area contributed by atoms with Gasteiger partial charge in [-0.25, -0.2) is 4.98 Å². The number of aryl methyl sites for hydroxylation is 2. The molecule has 1 aliphatic carbocycles. The third-order valence-corrected chi connectivity index (χ3v) is 3.56. The fraction of sp³-hybridized carbons (Fsp3) is 0.538. The molecule has 2 rings (SSSR count). The normalized spacial score (nSPS) is 14.1. The van der Waals surface area contributed by atoms with Crippen molar-refractivity contribution in [2.45, 2.75) is 25.4 Å². The molecule has 1 aromatic heterocycles. The SMILES string of the molecule is NC(=S)c1cc2c(nc1N(CCO)CC(F)(F)F)CCC2. The van der Waals surface area contributed by atoms with Crippen LogP contribution < -0.4 is 10.6 Å². The summed E-state index contributed by atoms with van der Waals surface area (Å²) in [6.45, 7) is -1.79. The van der Waals surface area contributed by atoms with Crippen molar-refractivity contribution < 1.29 is 18.3 Å². The van der Waals surface area contributed by atoms with E-state index >= 15 is 0 Å². The third-order valence-electron chi connectivity index (χ3n) is 3.34. The number of alkyl halides is 3. The minimum atomic E-state index is -4.40. The van der Waals surface area contributed by atoms with E-state index in [1.807, 2.05) is 0 Å². The molecule has 0 atom stereocenters. The minimum Gasteiger partial charge on any atom is -0.395 e. The molecule has 8 heteroatoms. The maximum absolute atomic E-state index is 12.7. The van der Waals surface area contributed by atoms with Gasteiger partial charge < -0.3 is 15.7 Å². The van der Waals surface area contributed by atoms with Crippen molar-refractivity contribution in [1.29, 1.82) is 0 Å². The molecule has 0 amide bonds. The second-order valence-corrected chi connectivity index (χ2v) is 5.38. The van der Waals surface area contributed by atoms with Gasteiger partial charge in [-0.2, -0.15) is 13.2 Å². The van der Waals surface area contributed by atoms with Gasteiger partial charge in [0.05, 0.1) is 12.2 Å². The predicted molar refractivity (Wildman–Crippen MR) is 77.5 cm³/mol. The minimum absolute atomic E-state index is 0.0114. The van der Waals surface area contributed by atoms with E-state index in [9.17, 15) is 13.2 Å². The van der Waals surface area contributed by atoms with Gasteiger partial charge in [0.15, 0.2) is 0 Å². The van der Waals surface area contributed by atoms with Crippen molar-refractivity contribution >= 4 is 23.0 Å². The first-order chi connectivity index (χ1) is 9.81. The summed E-state index contributed by atoms with van der Waals surface area (Å²) in [5.41, 5.74) is 7.73. The zero-order valence-corrected chi connectivity index (χ0v) is 12.1. The maximum atomic E-state index is 12.7. The Bertz CT molecular complexity index is 548. The van der Waals surface area contributed by atoms with Crippen LogP contribution >= 0.6 is 12.2 Å². The number of nitrogens with zero attached hydrogens (tertiary/aromatic N) is 2. The largest absolute Gasteiger partial charge is 0.405 e. The fourth-order valence-corrected chi connectivity index (χ4v) is 2.63. The molecule has 21 heavy (non-hydrogen) atoms. The number of nitrogens with two attached hydrogens (primary N) is 1. The first-order valence-corrected chi connectivity index (χ1v) is 6.98. The smallest absolute Gasteiger partial charge is 0.395 e. The summed E-state index contributed by atoms with van der Waals surface area (Å²) >= 11 is 4.93. The number of thiocarbonyl (C=S) groups is 1. The highest BCUT2D eigenvalue weighted by Gasteiger charge is 2.33. The van der Waals surface area contributed by atoms with Crippen LogP contribution in [0.25, 0.3) is 0 Å². The molecule has 0 spiro atoms. The van der Waals surface area contributed by atoms with Crippen molar-refractivity contribution in [3.05, 3.63) is 22.9 Å². The molecule has 0 bridgehead atoms. The summed E-state index contributed by atoms with van der Waals surface area (Å²) in [5, 5.41) is 9.02. The van der Waals surface area contributed by atoms with Crippen LogP contribution in [0.4, 0.5) is 19.0 Å². The van der Waals surface area contributed by atoms with E-state index in [-0.39, 0.29) is 17.4 Å². The number of pyridine rings is 1. The number of aromatic nitrogens is 1. The van der Waals surface area contributed by atoms with E-state index < -0.39 is 19.3 Å². The monoisotopic (exact) mass is 319 g/mol. The summed E-state index contributed by atoms with van der Waals surface area (Å²) in [5.74, 6) is 0.106. The summed E-state index contributed by atoms with van der Waals surface area (Å²) in [6, 6.07) is 1.73. The lowest BCUT2D eigenvalue weighted by molar-refractivity contribution is -0.120. The van der Waals surface area contributed by atoms with Crippen molar-refractivity contribution in [3.8, 4) is 0 Å². The molecule has 0 saturated heterocycles. The van der Waals surface area contributed by atoms with Gasteiger partial charge in [-0.3, -0.25) is 0 Å². The second-order valence-electron chi connectivity index (χ2n) is 4.94. The lowest BCUT2D eigenvalue weighted by Gasteiger charge is -2.26. The van der Waals surface area contributed by atoms with E-state index in [1.165, 1.54) is 0 Å². The zero-order valence-electron chi connectivity index (χ0n) is 11.3. The van der Waals surface area contributed by atoms with Gasteiger partial charge in [0.1, 0.15) is 17.4 Å². The summed E-state index contributed by atoms with van der Waals surface area (Å²) in [4.78, 5) is 5.32. The van der Waals surface area contributed by atoms with Crippen LogP contribution in [-0.4, -0.2) is 41.0 Å². The Labute approximate surface area is 125 Å². The van der Waals surface area contributed by atoms with E-state index in [0.29, 0.717) is 5.56 Å². The van der Waals surface area contributed by atoms with Crippen LogP contribution in [0, 0.1) is 0 Å². The Hall–Kier alpha value is -1.41. The Morgan fingerprint density at radius 1 is 1.43 bits per heavy atom. The highest BCUT2D eigenvalue weighted by atomic mass is 32.1. The molecule has 3 N–H and O–H groups in total. The number of aliphatic hydroxyl groups is 1. The number of hydrogen-bond donors (Lipinski definition) is 2. The molecule has 1 heterocycles. The van der Waals surface area contributed by atoms with Crippen molar-refractivity contribution in [3.63, 3.8) is 0 Å². The van der Waals surface area contributed by atoms with Gasteiger partial charge >= 0.3 is 6.18 Å². The number of aliphatic hydroxyl groups excluding tert-OH is 1. The topological polar surface area (TPSA) is 62.4 Å². The Kier molecular flexibility index (Phi) is 4.67. The second kappa shape index (κ2) is 6.15. The maximum Gasteiger partial charge on any atom is 0.405 e. The standard InChI is InChI=1S/C13H16F3N3OS/c14-13(15,16)7-19(4-5-20)12-9(11(17)21)6-8-2-1-3-10(8)18-12/h6,20H,1-5,7H2,(H2,17,21). The molecule has 1 aliphatic rings. The van der Waals surface area contributed by atoms with Crippen LogP contribution in [0.1, 0.15) is 23.2 Å². The molecule has 0 fully saturated rings. The quantitative estimate of drug-likeness (QED) is 0.807. The highest BCUT2D eigenvalue weighted by molar-refractivity contribution is 7.80. The van der Waals surface area contributed by atoms with E-state index in [2.05, 4.69) is 4.98 Å². The van der Waals surface area contributed by atoms with E-state index in [4.69, 9.17) is 23.1 Å². The number of rotatable bonds is 5. The number of halogens is 3. The first kappa shape index (κ1) is 16.0. The summed E-state index contributed by atoms with van der Waals surface area (Å²) in [7, 11) is 0. The van der Waals surface area contributed by atoms with Gasteiger partial charge in [0, 0.05) is 12.2 Å². The van der Waals surface area contributed by atoms with Gasteiger partial charge in [-0.1, -0.05) is 12.2 Å². The molecule has 1 aromatic rings. The third kappa shape index (κ3) is 3.82. The van der Waals surface area contributed by atoms with Gasteiger partial charge in [-0.15, -0.1) is 0 Å². The Balaban J connectivity index is 2.45. The van der Waals surface area contributed by atoms with Crippen LogP contribution in [0.15, 0.2) is 6.07 Å². The van der Waals surface area contributed by atoms with Gasteiger partial charge in [0.2, 0.25) is 0 Å². The van der Waals surface area contributed by atoms with Gasteiger partial charge in [-0.05, 0) is 30.9 Å². The predicted octanol–water partition coefficient (Wildman–Crippen LogP) is 1.57. The highest BCUT2D eigenvalue weighted by Crippen LogP contribution is 2.29. The molecule has 0 saturated carbocycles. The number of anilines is 1. The molecular weight excluding hydrogens is 303 g/mol. The van der Waals surface area contributed by atoms with Crippen molar-refractivity contribution in [1.82, 2.24) is 4.98 Å². The average molecular weight is 319 g/mol.